The van der Waals surface area contributed by atoms with Crippen LogP contribution in [0.3, 0.4) is 0 Å². The minimum absolute atomic E-state index is 0.911. The van der Waals surface area contributed by atoms with Crippen LogP contribution in [0.25, 0.3) is 0 Å². The summed E-state index contributed by atoms with van der Waals surface area (Å²) in [5.41, 5.74) is 0.911. The third-order valence-corrected chi connectivity index (χ3v) is 0.931. The molecule has 0 unspecified atom stereocenters. The first-order valence-corrected chi connectivity index (χ1v) is 3.08. The molecule has 10 heavy (non-hydrogen) atoms. The van der Waals surface area contributed by atoms with Crippen molar-refractivity contribution < 1.29 is 0 Å². The lowest BCUT2D eigenvalue weighted by Gasteiger charge is -1.81. The van der Waals surface area contributed by atoms with Crippen molar-refractivity contribution in [2.75, 3.05) is 0 Å². The predicted octanol–water partition coefficient (Wildman–Crippen LogP) is 3.03. The molecule has 0 aliphatic heterocycles. The van der Waals surface area contributed by atoms with Gasteiger partial charge in [0.2, 0.25) is 0 Å². The van der Waals surface area contributed by atoms with Crippen molar-refractivity contribution in [3.05, 3.63) is 61.8 Å². The molecule has 0 bridgehead atoms. The van der Waals surface area contributed by atoms with Gasteiger partial charge in [-0.1, -0.05) is 56.2 Å². The molecule has 0 aromatic carbocycles. The van der Waals surface area contributed by atoms with E-state index in [0.717, 1.165) is 5.57 Å². The normalized spacial score (nSPS) is 10.4. The summed E-state index contributed by atoms with van der Waals surface area (Å²) in [6, 6.07) is 0. The molecule has 0 saturated carbocycles. The highest BCUT2D eigenvalue weighted by Gasteiger charge is 1.71. The zero-order chi connectivity index (χ0) is 7.82. The Morgan fingerprint density at radius 2 is 1.70 bits per heavy atom. The fourth-order valence-corrected chi connectivity index (χ4v) is 0.390. The van der Waals surface area contributed by atoms with E-state index in [2.05, 4.69) is 19.7 Å². The molecule has 0 nitrogen and oxygen atoms in total. The van der Waals surface area contributed by atoms with E-state index in [-0.39, 0.29) is 0 Å². The maximum absolute atomic E-state index is 3.71. The zero-order valence-corrected chi connectivity index (χ0v) is 6.09. The van der Waals surface area contributed by atoms with E-state index in [1.807, 2.05) is 24.3 Å². The third-order valence-electron chi connectivity index (χ3n) is 0.931. The molecule has 0 spiro atoms. The Balaban J connectivity index is 3.76. The lowest BCUT2D eigenvalue weighted by molar-refractivity contribution is 1.75. The largest absolute Gasteiger partial charge is 0.0991 e. The van der Waals surface area contributed by atoms with Gasteiger partial charge in [0, 0.05) is 0 Å². The topological polar surface area (TPSA) is 0 Å². The monoisotopic (exact) mass is 132 g/mol. The molecule has 0 N–H and O–H groups in total. The Kier molecular flexibility index (Phi) is 5.07. The highest BCUT2D eigenvalue weighted by Crippen LogP contribution is 1.92. The van der Waals surface area contributed by atoms with Gasteiger partial charge in [0.1, 0.15) is 0 Å². The van der Waals surface area contributed by atoms with Crippen LogP contribution in [0.2, 0.25) is 0 Å². The van der Waals surface area contributed by atoms with Crippen LogP contribution in [-0.2, 0) is 0 Å². The molecule has 0 aromatic rings. The molecule has 0 rings (SSSR count). The number of allylic oxidation sites excluding steroid dienone is 7. The van der Waals surface area contributed by atoms with E-state index in [4.69, 9.17) is 0 Å². The van der Waals surface area contributed by atoms with Crippen molar-refractivity contribution in [2.45, 2.75) is 0 Å². The van der Waals surface area contributed by atoms with Crippen LogP contribution in [0.5, 0.6) is 0 Å². The van der Waals surface area contributed by atoms with Gasteiger partial charge >= 0.3 is 0 Å². The van der Waals surface area contributed by atoms with Gasteiger partial charge in [-0.3, -0.25) is 0 Å². The first kappa shape index (κ1) is 8.70. The summed E-state index contributed by atoms with van der Waals surface area (Å²) in [7, 11) is 0. The van der Waals surface area contributed by atoms with Gasteiger partial charge < -0.3 is 0 Å². The summed E-state index contributed by atoms with van der Waals surface area (Å²) < 4.78 is 0. The van der Waals surface area contributed by atoms with Crippen molar-refractivity contribution in [2.24, 2.45) is 0 Å². The maximum Gasteiger partial charge on any atom is -0.0335 e. The van der Waals surface area contributed by atoms with Gasteiger partial charge in [-0.25, -0.2) is 0 Å². The molecule has 52 valence electrons. The standard InChI is InChI=1S/C10H12/c1-4-6-7-8-9-10(3)5-2/h4-9H,1-3H2/b7-6-,9-8+. The van der Waals surface area contributed by atoms with E-state index in [0.29, 0.717) is 0 Å². The lowest BCUT2D eigenvalue weighted by atomic mass is 10.3. The van der Waals surface area contributed by atoms with Crippen LogP contribution in [-0.4, -0.2) is 0 Å². The maximum atomic E-state index is 3.71. The SMILES string of the molecule is C=C/C=C\C=C\C(=C)C=C. The van der Waals surface area contributed by atoms with E-state index in [9.17, 15) is 0 Å². The summed E-state index contributed by atoms with van der Waals surface area (Å²) in [6.07, 6.45) is 11.0. The summed E-state index contributed by atoms with van der Waals surface area (Å²) >= 11 is 0. The van der Waals surface area contributed by atoms with E-state index < -0.39 is 0 Å². The zero-order valence-electron chi connectivity index (χ0n) is 6.09. The first-order valence-electron chi connectivity index (χ1n) is 3.08. The lowest BCUT2D eigenvalue weighted by Crippen LogP contribution is -1.60. The van der Waals surface area contributed by atoms with Gasteiger partial charge in [0.05, 0.1) is 0 Å². The summed E-state index contributed by atoms with van der Waals surface area (Å²) in [4.78, 5) is 0. The molecule has 0 heteroatoms. The summed E-state index contributed by atoms with van der Waals surface area (Å²) in [5.74, 6) is 0. The van der Waals surface area contributed by atoms with Gasteiger partial charge in [-0.05, 0) is 5.57 Å². The molecule has 0 radical (unpaired) electrons. The summed E-state index contributed by atoms with van der Waals surface area (Å²) in [5, 5.41) is 0. The van der Waals surface area contributed by atoms with Crippen molar-refractivity contribution in [3.63, 3.8) is 0 Å². The quantitative estimate of drug-likeness (QED) is 0.516. The second kappa shape index (κ2) is 5.83. The molecule has 0 fully saturated rings. The van der Waals surface area contributed by atoms with Crippen LogP contribution in [0.1, 0.15) is 0 Å². The van der Waals surface area contributed by atoms with Crippen LogP contribution >= 0.6 is 0 Å². The van der Waals surface area contributed by atoms with Crippen molar-refractivity contribution in [3.8, 4) is 0 Å². The molecule has 0 aromatic heterocycles. The smallest absolute Gasteiger partial charge is 0.0335 e. The van der Waals surface area contributed by atoms with Crippen molar-refractivity contribution >= 4 is 0 Å². The molecule has 0 heterocycles. The molecule has 0 saturated heterocycles. The van der Waals surface area contributed by atoms with Gasteiger partial charge in [-0.2, -0.15) is 0 Å². The Bertz CT molecular complexity index is 180. The van der Waals surface area contributed by atoms with Gasteiger partial charge in [0.25, 0.3) is 0 Å². The fourth-order valence-electron chi connectivity index (χ4n) is 0.390. The van der Waals surface area contributed by atoms with Gasteiger partial charge in [-0.15, -0.1) is 0 Å². The Labute approximate surface area is 62.6 Å². The minimum atomic E-state index is 0.911. The predicted molar refractivity (Wildman–Crippen MR) is 47.8 cm³/mol. The Morgan fingerprint density at radius 3 is 2.20 bits per heavy atom. The van der Waals surface area contributed by atoms with E-state index in [1.165, 1.54) is 0 Å². The molecular weight excluding hydrogens is 120 g/mol. The highest BCUT2D eigenvalue weighted by atomic mass is 13.8. The Morgan fingerprint density at radius 1 is 1.00 bits per heavy atom. The van der Waals surface area contributed by atoms with Gasteiger partial charge in [0.15, 0.2) is 0 Å². The number of hydrogen-bond donors (Lipinski definition) is 0. The molecule has 0 amide bonds. The Hall–Kier alpha value is -1.30. The molecule has 0 aliphatic rings. The average molecular weight is 132 g/mol. The molecule has 0 aliphatic carbocycles. The second-order valence-corrected chi connectivity index (χ2v) is 1.76. The molecule has 0 atom stereocenters. The number of hydrogen-bond acceptors (Lipinski definition) is 0. The number of rotatable bonds is 4. The summed E-state index contributed by atoms with van der Waals surface area (Å²) in [6.45, 7) is 10.8. The second-order valence-electron chi connectivity index (χ2n) is 1.76. The van der Waals surface area contributed by atoms with Crippen LogP contribution in [0.4, 0.5) is 0 Å². The minimum Gasteiger partial charge on any atom is -0.0991 e. The van der Waals surface area contributed by atoms with Crippen molar-refractivity contribution in [1.29, 1.82) is 0 Å². The van der Waals surface area contributed by atoms with E-state index >= 15 is 0 Å². The van der Waals surface area contributed by atoms with Crippen LogP contribution < -0.4 is 0 Å². The fraction of sp³-hybridized carbons (Fsp3) is 0. The third kappa shape index (κ3) is 4.85. The van der Waals surface area contributed by atoms with Crippen molar-refractivity contribution in [1.82, 2.24) is 0 Å². The first-order chi connectivity index (χ1) is 4.81. The molecular formula is C10H12. The van der Waals surface area contributed by atoms with Crippen LogP contribution in [0, 0.1) is 0 Å². The highest BCUT2D eigenvalue weighted by molar-refractivity contribution is 5.28. The van der Waals surface area contributed by atoms with Crippen LogP contribution in [0.15, 0.2) is 61.8 Å². The van der Waals surface area contributed by atoms with E-state index in [1.54, 1.807) is 12.2 Å². The average Bonchev–Trinajstić information content (AvgIpc) is 1.98.